The van der Waals surface area contributed by atoms with E-state index in [0.29, 0.717) is 22.8 Å². The summed E-state index contributed by atoms with van der Waals surface area (Å²) in [5, 5.41) is 3.51. The van der Waals surface area contributed by atoms with Gasteiger partial charge in [-0.1, -0.05) is 12.1 Å². The van der Waals surface area contributed by atoms with Gasteiger partial charge >= 0.3 is 0 Å². The van der Waals surface area contributed by atoms with E-state index in [-0.39, 0.29) is 18.1 Å². The zero-order valence-corrected chi connectivity index (χ0v) is 15.1. The number of rotatable bonds is 5. The lowest BCUT2D eigenvalue weighted by Gasteiger charge is -2.38. The fourth-order valence-corrected chi connectivity index (χ4v) is 3.50. The molecule has 1 unspecified atom stereocenters. The number of anilines is 1. The molecule has 1 aliphatic carbocycles. The maximum atomic E-state index is 13.1. The van der Waals surface area contributed by atoms with Crippen molar-refractivity contribution in [3.8, 4) is 17.2 Å². The van der Waals surface area contributed by atoms with E-state index in [1.807, 2.05) is 41.3 Å². The Balaban J connectivity index is 1.82. The zero-order chi connectivity index (χ0) is 18.3. The predicted octanol–water partition coefficient (Wildman–Crippen LogP) is 3.44. The number of carbonyl (C=O) groups is 1. The van der Waals surface area contributed by atoms with Gasteiger partial charge in [0.1, 0.15) is 6.17 Å². The summed E-state index contributed by atoms with van der Waals surface area (Å²) in [6.45, 7) is 0. The summed E-state index contributed by atoms with van der Waals surface area (Å²) in [4.78, 5) is 15.0. The number of nitrogens with zero attached hydrogens (tertiary/aromatic N) is 1. The summed E-state index contributed by atoms with van der Waals surface area (Å²) < 4.78 is 16.4. The minimum Gasteiger partial charge on any atom is -0.493 e. The molecule has 1 aliphatic heterocycles. The van der Waals surface area contributed by atoms with Crippen LogP contribution in [0.1, 0.15) is 34.9 Å². The Bertz CT molecular complexity index is 822. The number of hydrogen-bond donors (Lipinski definition) is 1. The molecule has 0 saturated heterocycles. The highest BCUT2D eigenvalue weighted by molar-refractivity contribution is 6.02. The van der Waals surface area contributed by atoms with Crippen LogP contribution in [0.15, 0.2) is 36.4 Å². The molecule has 1 amide bonds. The summed E-state index contributed by atoms with van der Waals surface area (Å²) in [5.74, 6) is 1.75. The van der Waals surface area contributed by atoms with Gasteiger partial charge in [-0.3, -0.25) is 4.79 Å². The van der Waals surface area contributed by atoms with Gasteiger partial charge in [0.15, 0.2) is 11.5 Å². The van der Waals surface area contributed by atoms with Crippen molar-refractivity contribution in [1.82, 2.24) is 4.90 Å². The number of ether oxygens (including phenoxy) is 3. The van der Waals surface area contributed by atoms with Crippen molar-refractivity contribution in [2.45, 2.75) is 25.0 Å². The van der Waals surface area contributed by atoms with Crippen LogP contribution in [0.5, 0.6) is 17.2 Å². The highest BCUT2D eigenvalue weighted by Gasteiger charge is 2.42. The van der Waals surface area contributed by atoms with Crippen LogP contribution in [-0.2, 0) is 0 Å². The first kappa shape index (κ1) is 16.6. The maximum absolute atomic E-state index is 13.1. The minimum absolute atomic E-state index is 0.0561. The Morgan fingerprint density at radius 2 is 1.65 bits per heavy atom. The maximum Gasteiger partial charge on any atom is 0.258 e. The second kappa shape index (κ2) is 6.44. The molecule has 136 valence electrons. The number of hydrogen-bond acceptors (Lipinski definition) is 5. The average molecular weight is 354 g/mol. The van der Waals surface area contributed by atoms with Crippen LogP contribution in [0, 0.1) is 0 Å². The van der Waals surface area contributed by atoms with Gasteiger partial charge in [0, 0.05) is 17.3 Å². The molecule has 4 rings (SSSR count). The van der Waals surface area contributed by atoms with Gasteiger partial charge in [-0.05, 0) is 37.1 Å². The summed E-state index contributed by atoms with van der Waals surface area (Å²) in [6.07, 6.45) is 1.77. The van der Waals surface area contributed by atoms with Crippen LogP contribution < -0.4 is 19.5 Å². The van der Waals surface area contributed by atoms with Gasteiger partial charge in [-0.25, -0.2) is 0 Å². The monoisotopic (exact) mass is 354 g/mol. The smallest absolute Gasteiger partial charge is 0.258 e. The summed E-state index contributed by atoms with van der Waals surface area (Å²) in [7, 11) is 4.76. The number of methoxy groups -OCH3 is 3. The van der Waals surface area contributed by atoms with E-state index in [0.717, 1.165) is 24.1 Å². The Morgan fingerprint density at radius 3 is 2.23 bits per heavy atom. The van der Waals surface area contributed by atoms with Gasteiger partial charge < -0.3 is 24.4 Å². The molecular formula is C20H22N2O4. The standard InChI is InChI=1S/C20H22N2O4/c1-24-16-10-12(11-17(25-2)18(16)26-3)19-21-15-7-5-4-6-14(15)20(23)22(19)13-8-9-13/h4-7,10-11,13,19,21H,8-9H2,1-3H3. The van der Waals surface area contributed by atoms with E-state index in [4.69, 9.17) is 14.2 Å². The molecule has 2 aliphatic rings. The molecule has 1 heterocycles. The second-order valence-corrected chi connectivity index (χ2v) is 6.49. The first-order valence-corrected chi connectivity index (χ1v) is 8.66. The lowest BCUT2D eigenvalue weighted by molar-refractivity contribution is 0.0666. The van der Waals surface area contributed by atoms with Crippen LogP contribution in [0.4, 0.5) is 5.69 Å². The van der Waals surface area contributed by atoms with Crippen molar-refractivity contribution in [1.29, 1.82) is 0 Å². The van der Waals surface area contributed by atoms with Crippen molar-refractivity contribution >= 4 is 11.6 Å². The number of nitrogens with one attached hydrogen (secondary N) is 1. The summed E-state index contributed by atoms with van der Waals surface area (Å²) in [6, 6.07) is 11.7. The number of amides is 1. The Morgan fingerprint density at radius 1 is 1.00 bits per heavy atom. The number of carbonyl (C=O) groups excluding carboxylic acids is 1. The molecule has 0 bridgehead atoms. The summed E-state index contributed by atoms with van der Waals surface area (Å²) >= 11 is 0. The van der Waals surface area contributed by atoms with Crippen molar-refractivity contribution in [3.05, 3.63) is 47.5 Å². The van der Waals surface area contributed by atoms with Crippen LogP contribution in [-0.4, -0.2) is 38.2 Å². The van der Waals surface area contributed by atoms with E-state index in [1.165, 1.54) is 0 Å². The molecule has 2 aromatic carbocycles. The third-order valence-corrected chi connectivity index (χ3v) is 4.91. The molecule has 6 nitrogen and oxygen atoms in total. The zero-order valence-electron chi connectivity index (χ0n) is 15.1. The van der Waals surface area contributed by atoms with Gasteiger partial charge in [-0.2, -0.15) is 0 Å². The Kier molecular flexibility index (Phi) is 4.11. The molecule has 0 spiro atoms. The van der Waals surface area contributed by atoms with Gasteiger partial charge in [-0.15, -0.1) is 0 Å². The topological polar surface area (TPSA) is 60.0 Å². The third-order valence-electron chi connectivity index (χ3n) is 4.91. The molecule has 6 heteroatoms. The highest BCUT2D eigenvalue weighted by Crippen LogP contribution is 2.45. The van der Waals surface area contributed by atoms with Crippen LogP contribution in [0.2, 0.25) is 0 Å². The van der Waals surface area contributed by atoms with Gasteiger partial charge in [0.25, 0.3) is 5.91 Å². The molecule has 1 N–H and O–H groups in total. The number of benzene rings is 2. The van der Waals surface area contributed by atoms with E-state index < -0.39 is 0 Å². The second-order valence-electron chi connectivity index (χ2n) is 6.49. The normalized spacial score (nSPS) is 18.8. The third kappa shape index (κ3) is 2.62. The fourth-order valence-electron chi connectivity index (χ4n) is 3.50. The van der Waals surface area contributed by atoms with Gasteiger partial charge in [0.2, 0.25) is 5.75 Å². The van der Waals surface area contributed by atoms with Gasteiger partial charge in [0.05, 0.1) is 26.9 Å². The highest BCUT2D eigenvalue weighted by atomic mass is 16.5. The first-order valence-electron chi connectivity index (χ1n) is 8.66. The predicted molar refractivity (Wildman–Crippen MR) is 98.1 cm³/mol. The van der Waals surface area contributed by atoms with Crippen LogP contribution >= 0.6 is 0 Å². The molecule has 1 saturated carbocycles. The van der Waals surface area contributed by atoms with E-state index in [9.17, 15) is 4.79 Å². The first-order chi connectivity index (χ1) is 12.7. The number of fused-ring (bicyclic) bond motifs is 1. The van der Waals surface area contributed by atoms with Crippen molar-refractivity contribution in [3.63, 3.8) is 0 Å². The van der Waals surface area contributed by atoms with E-state index >= 15 is 0 Å². The molecule has 1 atom stereocenters. The largest absolute Gasteiger partial charge is 0.493 e. The lowest BCUT2D eigenvalue weighted by atomic mass is 10.0. The van der Waals surface area contributed by atoms with Crippen LogP contribution in [0.3, 0.4) is 0 Å². The van der Waals surface area contributed by atoms with Crippen molar-refractivity contribution < 1.29 is 19.0 Å². The molecule has 0 aromatic heterocycles. The minimum atomic E-state index is -0.279. The van der Waals surface area contributed by atoms with Crippen molar-refractivity contribution in [2.75, 3.05) is 26.6 Å². The fraction of sp³-hybridized carbons (Fsp3) is 0.350. The Hall–Kier alpha value is -2.89. The molecule has 1 fully saturated rings. The SMILES string of the molecule is COc1cc(C2Nc3ccccc3C(=O)N2C2CC2)cc(OC)c1OC. The quantitative estimate of drug-likeness (QED) is 0.891. The van der Waals surface area contributed by atoms with Crippen molar-refractivity contribution in [2.24, 2.45) is 0 Å². The molecule has 26 heavy (non-hydrogen) atoms. The van der Waals surface area contributed by atoms with Crippen LogP contribution in [0.25, 0.3) is 0 Å². The average Bonchev–Trinajstić information content (AvgIpc) is 3.51. The van der Waals surface area contributed by atoms with E-state index in [2.05, 4.69) is 5.32 Å². The summed E-state index contributed by atoms with van der Waals surface area (Å²) in [5.41, 5.74) is 2.45. The van der Waals surface area contributed by atoms with E-state index in [1.54, 1.807) is 21.3 Å². The molecule has 0 radical (unpaired) electrons. The molecular weight excluding hydrogens is 332 g/mol. The lowest BCUT2D eigenvalue weighted by Crippen LogP contribution is -2.44. The molecule has 2 aromatic rings. The number of para-hydroxylation sites is 1. The Labute approximate surface area is 152 Å².